The van der Waals surface area contributed by atoms with E-state index in [1.54, 1.807) is 12.3 Å². The number of aldehydes is 1. The van der Waals surface area contributed by atoms with Crippen LogP contribution in [0, 0.1) is 0 Å². The first kappa shape index (κ1) is 9.65. The molecule has 0 amide bonds. The lowest BCUT2D eigenvalue weighted by Gasteiger charge is -2.14. The number of pyridine rings is 1. The van der Waals surface area contributed by atoms with Crippen molar-refractivity contribution in [1.29, 1.82) is 0 Å². The molecule has 2 rings (SSSR count). The maximum absolute atomic E-state index is 10.7. The second kappa shape index (κ2) is 3.69. The number of rotatable bonds is 2. The summed E-state index contributed by atoms with van der Waals surface area (Å²) < 4.78 is 0. The van der Waals surface area contributed by atoms with E-state index in [4.69, 9.17) is 0 Å². The fourth-order valence-corrected chi connectivity index (χ4v) is 1.61. The maximum atomic E-state index is 10.7. The molecule has 1 aromatic carbocycles. The number of aromatic nitrogens is 1. The molecule has 2 aromatic rings. The molecule has 76 valence electrons. The third-order valence-corrected chi connectivity index (χ3v) is 2.36. The molecule has 0 atom stereocenters. The summed E-state index contributed by atoms with van der Waals surface area (Å²) in [6.45, 7) is 0. The van der Waals surface area contributed by atoms with E-state index >= 15 is 0 Å². The lowest BCUT2D eigenvalue weighted by Crippen LogP contribution is -2.09. The zero-order valence-corrected chi connectivity index (χ0v) is 8.77. The summed E-state index contributed by atoms with van der Waals surface area (Å²) in [5, 5.41) is 1.01. The van der Waals surface area contributed by atoms with Crippen molar-refractivity contribution in [3.05, 3.63) is 36.0 Å². The summed E-state index contributed by atoms with van der Waals surface area (Å²) >= 11 is 0. The van der Waals surface area contributed by atoms with Crippen molar-refractivity contribution in [2.24, 2.45) is 0 Å². The van der Waals surface area contributed by atoms with Gasteiger partial charge in [0, 0.05) is 36.9 Å². The van der Waals surface area contributed by atoms with Crippen LogP contribution in [0.4, 0.5) is 5.69 Å². The van der Waals surface area contributed by atoms with Crippen LogP contribution in [0.25, 0.3) is 10.9 Å². The fourth-order valence-electron chi connectivity index (χ4n) is 1.61. The van der Waals surface area contributed by atoms with E-state index in [-0.39, 0.29) is 0 Å². The molecule has 0 aliphatic heterocycles. The van der Waals surface area contributed by atoms with Crippen LogP contribution in [0.2, 0.25) is 0 Å². The van der Waals surface area contributed by atoms with Gasteiger partial charge in [0.1, 0.15) is 6.29 Å². The third-order valence-electron chi connectivity index (χ3n) is 2.36. The minimum atomic E-state index is 0.679. The molecule has 0 saturated carbocycles. The predicted octanol–water partition coefficient (Wildman–Crippen LogP) is 2.11. The molecule has 0 saturated heterocycles. The van der Waals surface area contributed by atoms with Crippen LogP contribution >= 0.6 is 0 Å². The van der Waals surface area contributed by atoms with E-state index in [9.17, 15) is 4.79 Å². The highest BCUT2D eigenvalue weighted by atomic mass is 16.1. The Morgan fingerprint density at radius 2 is 2.07 bits per heavy atom. The van der Waals surface area contributed by atoms with E-state index in [0.29, 0.717) is 5.56 Å². The first-order chi connectivity index (χ1) is 7.22. The largest absolute Gasteiger partial charge is 0.377 e. The van der Waals surface area contributed by atoms with Crippen LogP contribution in [-0.2, 0) is 0 Å². The molecule has 3 nitrogen and oxygen atoms in total. The number of hydrogen-bond donors (Lipinski definition) is 0. The second-order valence-electron chi connectivity index (χ2n) is 3.62. The monoisotopic (exact) mass is 200 g/mol. The van der Waals surface area contributed by atoms with Crippen molar-refractivity contribution in [3.8, 4) is 0 Å². The Bertz CT molecular complexity index is 506. The van der Waals surface area contributed by atoms with Crippen LogP contribution in [0.1, 0.15) is 10.4 Å². The molecule has 0 unspecified atom stereocenters. The van der Waals surface area contributed by atoms with Gasteiger partial charge in [-0.2, -0.15) is 0 Å². The molecule has 0 fully saturated rings. The highest BCUT2D eigenvalue weighted by Gasteiger charge is 2.04. The Morgan fingerprint density at radius 3 is 2.73 bits per heavy atom. The van der Waals surface area contributed by atoms with Crippen molar-refractivity contribution in [1.82, 2.24) is 4.98 Å². The Labute approximate surface area is 88.3 Å². The van der Waals surface area contributed by atoms with Gasteiger partial charge in [-0.1, -0.05) is 0 Å². The SMILES string of the molecule is CN(C)c1ccnc2ccc(C=O)cc12. The summed E-state index contributed by atoms with van der Waals surface area (Å²) in [6, 6.07) is 7.45. The van der Waals surface area contributed by atoms with Crippen molar-refractivity contribution < 1.29 is 4.79 Å². The van der Waals surface area contributed by atoms with Crippen molar-refractivity contribution >= 4 is 22.9 Å². The number of nitrogens with zero attached hydrogens (tertiary/aromatic N) is 2. The Hall–Kier alpha value is -1.90. The zero-order valence-electron chi connectivity index (χ0n) is 8.77. The molecule has 1 heterocycles. The van der Waals surface area contributed by atoms with E-state index in [1.165, 1.54) is 0 Å². The lowest BCUT2D eigenvalue weighted by molar-refractivity contribution is 0.112. The van der Waals surface area contributed by atoms with Gasteiger partial charge in [-0.25, -0.2) is 0 Å². The van der Waals surface area contributed by atoms with Gasteiger partial charge >= 0.3 is 0 Å². The number of fused-ring (bicyclic) bond motifs is 1. The number of carbonyl (C=O) groups is 1. The quantitative estimate of drug-likeness (QED) is 0.696. The van der Waals surface area contributed by atoms with Crippen LogP contribution in [0.5, 0.6) is 0 Å². The van der Waals surface area contributed by atoms with Crippen molar-refractivity contribution in [3.63, 3.8) is 0 Å². The zero-order chi connectivity index (χ0) is 10.8. The van der Waals surface area contributed by atoms with Crippen LogP contribution in [0.15, 0.2) is 30.5 Å². The van der Waals surface area contributed by atoms with Gasteiger partial charge in [-0.3, -0.25) is 9.78 Å². The molecule has 0 bridgehead atoms. The molecular formula is C12H12N2O. The predicted molar refractivity (Wildman–Crippen MR) is 61.5 cm³/mol. The van der Waals surface area contributed by atoms with E-state index in [0.717, 1.165) is 22.9 Å². The van der Waals surface area contributed by atoms with Gasteiger partial charge in [0.2, 0.25) is 0 Å². The average Bonchev–Trinajstić information content (AvgIpc) is 2.27. The van der Waals surface area contributed by atoms with E-state index in [1.807, 2.05) is 37.2 Å². The standard InChI is InChI=1S/C12H12N2O/c1-14(2)12-5-6-13-11-4-3-9(8-15)7-10(11)12/h3-8H,1-2H3. The highest BCUT2D eigenvalue weighted by Crippen LogP contribution is 2.24. The fraction of sp³-hybridized carbons (Fsp3) is 0.167. The summed E-state index contributed by atoms with van der Waals surface area (Å²) in [4.78, 5) is 17.0. The van der Waals surface area contributed by atoms with E-state index < -0.39 is 0 Å². The Morgan fingerprint density at radius 1 is 1.27 bits per heavy atom. The number of anilines is 1. The second-order valence-corrected chi connectivity index (χ2v) is 3.62. The normalized spacial score (nSPS) is 10.3. The molecule has 3 heteroatoms. The third kappa shape index (κ3) is 1.68. The van der Waals surface area contributed by atoms with Gasteiger partial charge in [0.25, 0.3) is 0 Å². The van der Waals surface area contributed by atoms with Crippen LogP contribution < -0.4 is 4.90 Å². The first-order valence-electron chi connectivity index (χ1n) is 4.73. The molecule has 0 spiro atoms. The molecule has 0 N–H and O–H groups in total. The van der Waals surface area contributed by atoms with Gasteiger partial charge in [0.15, 0.2) is 0 Å². The number of hydrogen-bond acceptors (Lipinski definition) is 3. The summed E-state index contributed by atoms with van der Waals surface area (Å²) in [5.41, 5.74) is 2.66. The molecule has 0 radical (unpaired) electrons. The molecular weight excluding hydrogens is 188 g/mol. The van der Waals surface area contributed by atoms with Gasteiger partial charge in [-0.15, -0.1) is 0 Å². The van der Waals surface area contributed by atoms with Gasteiger partial charge in [-0.05, 0) is 24.3 Å². The molecule has 15 heavy (non-hydrogen) atoms. The Balaban J connectivity index is 2.75. The topological polar surface area (TPSA) is 33.2 Å². The van der Waals surface area contributed by atoms with Gasteiger partial charge < -0.3 is 4.90 Å². The van der Waals surface area contributed by atoms with Crippen molar-refractivity contribution in [2.75, 3.05) is 19.0 Å². The smallest absolute Gasteiger partial charge is 0.150 e. The van der Waals surface area contributed by atoms with Crippen LogP contribution in [0.3, 0.4) is 0 Å². The van der Waals surface area contributed by atoms with Gasteiger partial charge in [0.05, 0.1) is 5.52 Å². The van der Waals surface area contributed by atoms with E-state index in [2.05, 4.69) is 4.98 Å². The summed E-state index contributed by atoms with van der Waals surface area (Å²) in [5.74, 6) is 0. The molecule has 0 aliphatic carbocycles. The summed E-state index contributed by atoms with van der Waals surface area (Å²) in [6.07, 6.45) is 2.63. The average molecular weight is 200 g/mol. The first-order valence-corrected chi connectivity index (χ1v) is 4.73. The Kier molecular flexibility index (Phi) is 2.37. The van der Waals surface area contributed by atoms with Crippen molar-refractivity contribution in [2.45, 2.75) is 0 Å². The number of benzene rings is 1. The number of carbonyl (C=O) groups excluding carboxylic acids is 1. The highest BCUT2D eigenvalue weighted by molar-refractivity contribution is 5.95. The maximum Gasteiger partial charge on any atom is 0.150 e. The molecule has 1 aromatic heterocycles. The molecule has 0 aliphatic rings. The summed E-state index contributed by atoms with van der Waals surface area (Å²) in [7, 11) is 3.95. The van der Waals surface area contributed by atoms with Crippen LogP contribution in [-0.4, -0.2) is 25.4 Å². The minimum absolute atomic E-state index is 0.679. The lowest BCUT2D eigenvalue weighted by atomic mass is 10.1. The minimum Gasteiger partial charge on any atom is -0.377 e.